The fourth-order valence-electron chi connectivity index (χ4n) is 0.542. The fraction of sp³-hybridized carbons (Fsp3) is 0.167. The summed E-state index contributed by atoms with van der Waals surface area (Å²) in [6.45, 7) is 3.66. The van der Waals surface area contributed by atoms with Crippen LogP contribution in [0.4, 0.5) is 5.13 Å². The van der Waals surface area contributed by atoms with Gasteiger partial charge >= 0.3 is 0 Å². The predicted octanol–water partition coefficient (Wildman–Crippen LogP) is 1.50. The van der Waals surface area contributed by atoms with Gasteiger partial charge in [-0.1, -0.05) is 6.92 Å². The van der Waals surface area contributed by atoms with Gasteiger partial charge in [0.05, 0.1) is 5.69 Å². The third-order valence-corrected chi connectivity index (χ3v) is 1.59. The first-order valence-electron chi connectivity index (χ1n) is 2.66. The van der Waals surface area contributed by atoms with E-state index in [1.54, 1.807) is 0 Å². The van der Waals surface area contributed by atoms with E-state index in [9.17, 15) is 0 Å². The van der Waals surface area contributed by atoms with Crippen LogP contribution in [0, 0.1) is 13.3 Å². The monoisotopic (exact) mass is 140 g/mol. The minimum Gasteiger partial charge on any atom is -0.375 e. The van der Waals surface area contributed by atoms with Crippen molar-refractivity contribution in [2.45, 2.75) is 6.42 Å². The Kier molecular flexibility index (Phi) is 2.05. The van der Waals surface area contributed by atoms with Crippen LogP contribution in [-0.2, 0) is 0 Å². The molecule has 0 amide bonds. The van der Waals surface area contributed by atoms with Gasteiger partial charge in [-0.25, -0.2) is 4.98 Å². The van der Waals surface area contributed by atoms with Crippen LogP contribution in [0.2, 0.25) is 0 Å². The van der Waals surface area contributed by atoms with Crippen LogP contribution in [-0.4, -0.2) is 4.98 Å². The molecule has 0 saturated heterocycles. The lowest BCUT2D eigenvalue weighted by Gasteiger charge is -1.84. The summed E-state index contributed by atoms with van der Waals surface area (Å²) in [5, 5.41) is 2.54. The van der Waals surface area contributed by atoms with E-state index in [1.807, 2.05) is 11.8 Å². The van der Waals surface area contributed by atoms with Crippen molar-refractivity contribution in [3.63, 3.8) is 0 Å². The molecular weight excluding hydrogens is 132 g/mol. The van der Waals surface area contributed by atoms with Gasteiger partial charge in [-0.3, -0.25) is 0 Å². The Labute approximate surface area is 58.7 Å². The van der Waals surface area contributed by atoms with E-state index < -0.39 is 0 Å². The summed E-state index contributed by atoms with van der Waals surface area (Å²) >= 11 is 1.45. The molecule has 48 valence electrons. The second-order valence-electron chi connectivity index (χ2n) is 1.60. The molecule has 2 N–H and O–H groups in total. The zero-order chi connectivity index (χ0) is 6.69. The zero-order valence-corrected chi connectivity index (χ0v) is 5.82. The van der Waals surface area contributed by atoms with E-state index in [4.69, 9.17) is 5.73 Å². The van der Waals surface area contributed by atoms with Crippen molar-refractivity contribution in [1.82, 2.24) is 4.98 Å². The van der Waals surface area contributed by atoms with Gasteiger partial charge in [0.1, 0.15) is 0 Å². The molecule has 0 spiro atoms. The molecule has 3 heteroatoms. The molecule has 0 saturated carbocycles. The second-order valence-corrected chi connectivity index (χ2v) is 2.49. The van der Waals surface area contributed by atoms with Gasteiger partial charge < -0.3 is 5.73 Å². The summed E-state index contributed by atoms with van der Waals surface area (Å²) in [7, 11) is 0. The van der Waals surface area contributed by atoms with Gasteiger partial charge in [0.25, 0.3) is 0 Å². The van der Waals surface area contributed by atoms with E-state index in [-0.39, 0.29) is 0 Å². The molecule has 0 atom stereocenters. The molecule has 1 heterocycles. The Bertz CT molecular complexity index is 183. The topological polar surface area (TPSA) is 38.9 Å². The van der Waals surface area contributed by atoms with Gasteiger partial charge in [0, 0.05) is 11.8 Å². The summed E-state index contributed by atoms with van der Waals surface area (Å²) in [4.78, 5) is 4.00. The maximum atomic E-state index is 5.38. The third-order valence-electron chi connectivity index (χ3n) is 0.893. The summed E-state index contributed by atoms with van der Waals surface area (Å²) in [5.74, 6) is 0. The fourth-order valence-corrected chi connectivity index (χ4v) is 1.09. The number of anilines is 1. The van der Waals surface area contributed by atoms with Crippen LogP contribution in [0.1, 0.15) is 12.1 Å². The van der Waals surface area contributed by atoms with E-state index >= 15 is 0 Å². The minimum atomic E-state index is 0.620. The Morgan fingerprint density at radius 2 is 2.67 bits per heavy atom. The zero-order valence-electron chi connectivity index (χ0n) is 5.00. The molecule has 1 aromatic heterocycles. The SMILES string of the molecule is [CH2]C[CH]c1csc(N)n1. The molecule has 0 aromatic carbocycles. The van der Waals surface area contributed by atoms with Crippen LogP contribution in [0.3, 0.4) is 0 Å². The van der Waals surface area contributed by atoms with Crippen molar-refractivity contribution in [2.24, 2.45) is 0 Å². The molecule has 0 aliphatic rings. The molecule has 0 aliphatic heterocycles. The number of hydrogen-bond donors (Lipinski definition) is 1. The first kappa shape index (κ1) is 6.55. The average molecular weight is 140 g/mol. The number of nitrogen functional groups attached to an aromatic ring is 1. The molecular formula is C6H8N2S. The van der Waals surface area contributed by atoms with E-state index in [2.05, 4.69) is 11.9 Å². The number of thiazole rings is 1. The summed E-state index contributed by atoms with van der Waals surface area (Å²) in [6.07, 6.45) is 2.70. The predicted molar refractivity (Wildman–Crippen MR) is 39.9 cm³/mol. The minimum absolute atomic E-state index is 0.620. The van der Waals surface area contributed by atoms with Crippen molar-refractivity contribution < 1.29 is 0 Å². The molecule has 0 unspecified atom stereocenters. The highest BCUT2D eigenvalue weighted by Crippen LogP contribution is 2.12. The lowest BCUT2D eigenvalue weighted by atomic mass is 10.3. The third kappa shape index (κ3) is 1.68. The Hall–Kier alpha value is -0.570. The van der Waals surface area contributed by atoms with Crippen molar-refractivity contribution in [3.8, 4) is 0 Å². The van der Waals surface area contributed by atoms with Gasteiger partial charge in [-0.2, -0.15) is 0 Å². The maximum Gasteiger partial charge on any atom is 0.180 e. The van der Waals surface area contributed by atoms with Crippen LogP contribution in [0.15, 0.2) is 5.38 Å². The standard InChI is InChI=1S/C6H8N2S/c1-2-3-5-4-9-6(7)8-5/h3-4H,1-2H2,(H2,7,8). The molecule has 2 radical (unpaired) electrons. The van der Waals surface area contributed by atoms with Crippen LogP contribution in [0.25, 0.3) is 0 Å². The van der Waals surface area contributed by atoms with Gasteiger partial charge in [0.15, 0.2) is 5.13 Å². The summed E-state index contributed by atoms with van der Waals surface area (Å²) < 4.78 is 0. The largest absolute Gasteiger partial charge is 0.375 e. The molecule has 9 heavy (non-hydrogen) atoms. The number of nitrogens with two attached hydrogens (primary N) is 1. The van der Waals surface area contributed by atoms with Crippen molar-refractivity contribution in [3.05, 3.63) is 24.4 Å². The maximum absolute atomic E-state index is 5.38. The first-order chi connectivity index (χ1) is 4.33. The van der Waals surface area contributed by atoms with Gasteiger partial charge in [-0.15, -0.1) is 11.3 Å². The number of aromatic nitrogens is 1. The van der Waals surface area contributed by atoms with Crippen LogP contribution < -0.4 is 5.73 Å². The van der Waals surface area contributed by atoms with Crippen molar-refractivity contribution in [2.75, 3.05) is 5.73 Å². The molecule has 0 bridgehead atoms. The Balaban J connectivity index is 2.61. The van der Waals surface area contributed by atoms with Crippen LogP contribution in [0.5, 0.6) is 0 Å². The number of hydrogen-bond acceptors (Lipinski definition) is 3. The average Bonchev–Trinajstić information content (AvgIpc) is 2.17. The van der Waals surface area contributed by atoms with Gasteiger partial charge in [-0.05, 0) is 6.42 Å². The summed E-state index contributed by atoms with van der Waals surface area (Å²) in [6, 6.07) is 0. The van der Waals surface area contributed by atoms with E-state index in [0.29, 0.717) is 5.13 Å². The quantitative estimate of drug-likeness (QED) is 0.676. The molecule has 0 aliphatic carbocycles. The van der Waals surface area contributed by atoms with Crippen LogP contribution >= 0.6 is 11.3 Å². The lowest BCUT2D eigenvalue weighted by Crippen LogP contribution is -1.83. The lowest BCUT2D eigenvalue weighted by molar-refractivity contribution is 1.17. The second kappa shape index (κ2) is 2.82. The highest BCUT2D eigenvalue weighted by atomic mass is 32.1. The molecule has 1 aromatic rings. The molecule has 2 nitrogen and oxygen atoms in total. The van der Waals surface area contributed by atoms with E-state index in [1.165, 1.54) is 11.3 Å². The van der Waals surface area contributed by atoms with Crippen molar-refractivity contribution >= 4 is 16.5 Å². The number of rotatable bonds is 2. The molecule has 0 fully saturated rings. The normalized spacial score (nSPS) is 9.89. The number of nitrogens with zero attached hydrogens (tertiary/aromatic N) is 1. The highest BCUT2D eigenvalue weighted by Gasteiger charge is 1.94. The van der Waals surface area contributed by atoms with Gasteiger partial charge in [0.2, 0.25) is 0 Å². The Morgan fingerprint density at radius 3 is 3.11 bits per heavy atom. The molecule has 1 rings (SSSR count). The highest BCUT2D eigenvalue weighted by molar-refractivity contribution is 7.13. The van der Waals surface area contributed by atoms with E-state index in [0.717, 1.165) is 12.1 Å². The first-order valence-corrected chi connectivity index (χ1v) is 3.54. The smallest absolute Gasteiger partial charge is 0.180 e. The van der Waals surface area contributed by atoms with Crippen molar-refractivity contribution in [1.29, 1.82) is 0 Å². The summed E-state index contributed by atoms with van der Waals surface area (Å²) in [5.41, 5.74) is 6.31. The Morgan fingerprint density at radius 1 is 1.89 bits per heavy atom.